The van der Waals surface area contributed by atoms with Crippen molar-refractivity contribution in [3.05, 3.63) is 29.8 Å². The Morgan fingerprint density at radius 1 is 1.12 bits per heavy atom. The Balaban J connectivity index is 1.82. The van der Waals surface area contributed by atoms with Crippen LogP contribution < -0.4 is 5.32 Å². The van der Waals surface area contributed by atoms with Crippen molar-refractivity contribution in [3.8, 4) is 0 Å². The SMILES string of the molecule is CC(C)CC(=O)Nc1ccc(C(=O)COC(=O)C2CCCC2)cc1. The van der Waals surface area contributed by atoms with Gasteiger partial charge in [-0.2, -0.15) is 0 Å². The summed E-state index contributed by atoms with van der Waals surface area (Å²) >= 11 is 0. The van der Waals surface area contributed by atoms with Gasteiger partial charge in [0.2, 0.25) is 5.91 Å². The summed E-state index contributed by atoms with van der Waals surface area (Å²) in [6.45, 7) is 3.73. The first-order chi connectivity index (χ1) is 11.5. The van der Waals surface area contributed by atoms with E-state index in [1.807, 2.05) is 13.8 Å². The molecular weight excluding hydrogens is 306 g/mol. The molecule has 1 saturated carbocycles. The maximum atomic E-state index is 12.1. The van der Waals surface area contributed by atoms with E-state index in [0.717, 1.165) is 25.7 Å². The standard InChI is InChI=1S/C19H25NO4/c1-13(2)11-18(22)20-16-9-7-14(8-10-16)17(21)12-24-19(23)15-5-3-4-6-15/h7-10,13,15H,3-6,11-12H2,1-2H3,(H,20,22). The van der Waals surface area contributed by atoms with Crippen LogP contribution in [0.2, 0.25) is 0 Å². The van der Waals surface area contributed by atoms with Gasteiger partial charge in [-0.1, -0.05) is 26.7 Å². The molecule has 0 aromatic heterocycles. The molecule has 5 heteroatoms. The number of rotatable bonds is 7. The van der Waals surface area contributed by atoms with Crippen molar-refractivity contribution in [1.29, 1.82) is 0 Å². The molecule has 1 aromatic rings. The van der Waals surface area contributed by atoms with Crippen LogP contribution >= 0.6 is 0 Å². The number of amides is 1. The van der Waals surface area contributed by atoms with Crippen molar-refractivity contribution in [2.24, 2.45) is 11.8 Å². The third kappa shape index (κ3) is 5.48. The minimum atomic E-state index is -0.265. The first kappa shape index (κ1) is 18.2. The molecule has 2 rings (SSSR count). The molecular formula is C19H25NO4. The molecule has 1 N–H and O–H groups in total. The summed E-state index contributed by atoms with van der Waals surface area (Å²) in [5.74, 6) is -0.300. The third-order valence-electron chi connectivity index (χ3n) is 4.12. The summed E-state index contributed by atoms with van der Waals surface area (Å²) in [6.07, 6.45) is 4.28. The van der Waals surface area contributed by atoms with Gasteiger partial charge in [0, 0.05) is 17.7 Å². The van der Waals surface area contributed by atoms with E-state index in [4.69, 9.17) is 4.74 Å². The van der Waals surface area contributed by atoms with Crippen LogP contribution in [0.25, 0.3) is 0 Å². The molecule has 1 aliphatic rings. The van der Waals surface area contributed by atoms with E-state index in [9.17, 15) is 14.4 Å². The third-order valence-corrected chi connectivity index (χ3v) is 4.12. The second kappa shape index (κ2) is 8.62. The van der Waals surface area contributed by atoms with Crippen molar-refractivity contribution in [2.75, 3.05) is 11.9 Å². The molecule has 1 fully saturated rings. The maximum absolute atomic E-state index is 12.1. The predicted molar refractivity (Wildman–Crippen MR) is 91.8 cm³/mol. The lowest BCUT2D eigenvalue weighted by Crippen LogP contribution is -2.19. The Morgan fingerprint density at radius 3 is 2.33 bits per heavy atom. The van der Waals surface area contributed by atoms with E-state index >= 15 is 0 Å². The van der Waals surface area contributed by atoms with E-state index in [-0.39, 0.29) is 30.2 Å². The zero-order valence-electron chi connectivity index (χ0n) is 14.3. The number of nitrogens with one attached hydrogen (secondary N) is 1. The lowest BCUT2D eigenvalue weighted by Gasteiger charge is -2.10. The van der Waals surface area contributed by atoms with Crippen LogP contribution in [0.3, 0.4) is 0 Å². The normalized spacial score (nSPS) is 14.6. The van der Waals surface area contributed by atoms with Crippen molar-refractivity contribution in [3.63, 3.8) is 0 Å². The van der Waals surface area contributed by atoms with Crippen LogP contribution in [0.5, 0.6) is 0 Å². The molecule has 130 valence electrons. The topological polar surface area (TPSA) is 72.5 Å². The molecule has 1 amide bonds. The van der Waals surface area contributed by atoms with Gasteiger partial charge in [0.15, 0.2) is 12.4 Å². The first-order valence-electron chi connectivity index (χ1n) is 8.55. The van der Waals surface area contributed by atoms with Gasteiger partial charge in [0.05, 0.1) is 5.92 Å². The van der Waals surface area contributed by atoms with Crippen molar-refractivity contribution in [1.82, 2.24) is 0 Å². The highest BCUT2D eigenvalue weighted by Crippen LogP contribution is 2.25. The van der Waals surface area contributed by atoms with Crippen molar-refractivity contribution in [2.45, 2.75) is 46.0 Å². The molecule has 0 atom stereocenters. The summed E-state index contributed by atoms with van der Waals surface area (Å²) in [4.78, 5) is 35.6. The molecule has 0 aliphatic heterocycles. The summed E-state index contributed by atoms with van der Waals surface area (Å²) in [5, 5.41) is 2.79. The number of Topliss-reactive ketones (excluding diaryl/α,β-unsaturated/α-hetero) is 1. The number of anilines is 1. The summed E-state index contributed by atoms with van der Waals surface area (Å²) in [5.41, 5.74) is 1.12. The number of ketones is 1. The van der Waals surface area contributed by atoms with Crippen LogP contribution in [0, 0.1) is 11.8 Å². The molecule has 0 unspecified atom stereocenters. The van der Waals surface area contributed by atoms with Gasteiger partial charge < -0.3 is 10.1 Å². The van der Waals surface area contributed by atoms with E-state index in [2.05, 4.69) is 5.32 Å². The zero-order valence-corrected chi connectivity index (χ0v) is 14.3. The van der Waals surface area contributed by atoms with Gasteiger partial charge in [0.1, 0.15) is 0 Å². The molecule has 1 aliphatic carbocycles. The van der Waals surface area contributed by atoms with Gasteiger partial charge in [-0.05, 0) is 43.0 Å². The Morgan fingerprint density at radius 2 is 1.75 bits per heavy atom. The van der Waals surface area contributed by atoms with Gasteiger partial charge in [-0.3, -0.25) is 14.4 Å². The average Bonchev–Trinajstić information content (AvgIpc) is 3.06. The number of benzene rings is 1. The average molecular weight is 331 g/mol. The fraction of sp³-hybridized carbons (Fsp3) is 0.526. The Kier molecular flexibility index (Phi) is 6.53. The van der Waals surface area contributed by atoms with Crippen LogP contribution in [-0.4, -0.2) is 24.3 Å². The fourth-order valence-electron chi connectivity index (χ4n) is 2.82. The van der Waals surface area contributed by atoms with E-state index in [1.165, 1.54) is 0 Å². The zero-order chi connectivity index (χ0) is 17.5. The largest absolute Gasteiger partial charge is 0.457 e. The fourth-order valence-corrected chi connectivity index (χ4v) is 2.82. The molecule has 24 heavy (non-hydrogen) atoms. The van der Waals surface area contributed by atoms with Gasteiger partial charge in [-0.25, -0.2) is 0 Å². The lowest BCUT2D eigenvalue weighted by atomic mass is 10.1. The molecule has 5 nitrogen and oxygen atoms in total. The highest BCUT2D eigenvalue weighted by Gasteiger charge is 2.24. The van der Waals surface area contributed by atoms with Crippen LogP contribution in [0.15, 0.2) is 24.3 Å². The Labute approximate surface area is 142 Å². The highest BCUT2D eigenvalue weighted by molar-refractivity contribution is 5.99. The second-order valence-electron chi connectivity index (χ2n) is 6.74. The van der Waals surface area contributed by atoms with Gasteiger partial charge >= 0.3 is 5.97 Å². The summed E-state index contributed by atoms with van der Waals surface area (Å²) < 4.78 is 5.12. The monoisotopic (exact) mass is 331 g/mol. The van der Waals surface area contributed by atoms with Crippen molar-refractivity contribution >= 4 is 23.3 Å². The van der Waals surface area contributed by atoms with E-state index in [1.54, 1.807) is 24.3 Å². The number of carbonyl (C=O) groups excluding carboxylic acids is 3. The minimum absolute atomic E-state index is 0.0451. The highest BCUT2D eigenvalue weighted by atomic mass is 16.5. The minimum Gasteiger partial charge on any atom is -0.457 e. The Bertz CT molecular complexity index is 586. The predicted octanol–water partition coefficient (Wildman–Crippen LogP) is 3.59. The second-order valence-corrected chi connectivity index (χ2v) is 6.74. The quantitative estimate of drug-likeness (QED) is 0.612. The molecule has 0 saturated heterocycles. The first-order valence-corrected chi connectivity index (χ1v) is 8.55. The van der Waals surface area contributed by atoms with Gasteiger partial charge in [0.25, 0.3) is 0 Å². The Hall–Kier alpha value is -2.17. The van der Waals surface area contributed by atoms with E-state index in [0.29, 0.717) is 23.6 Å². The smallest absolute Gasteiger partial charge is 0.309 e. The lowest BCUT2D eigenvalue weighted by molar-refractivity contribution is -0.147. The van der Waals surface area contributed by atoms with E-state index < -0.39 is 0 Å². The van der Waals surface area contributed by atoms with Crippen LogP contribution in [0.4, 0.5) is 5.69 Å². The molecule has 0 spiro atoms. The van der Waals surface area contributed by atoms with Crippen LogP contribution in [-0.2, 0) is 14.3 Å². The maximum Gasteiger partial charge on any atom is 0.309 e. The number of hydrogen-bond donors (Lipinski definition) is 1. The van der Waals surface area contributed by atoms with Gasteiger partial charge in [-0.15, -0.1) is 0 Å². The number of ether oxygens (including phenoxy) is 1. The summed E-state index contributed by atoms with van der Waals surface area (Å²) in [6, 6.07) is 6.64. The number of hydrogen-bond acceptors (Lipinski definition) is 4. The molecule has 0 radical (unpaired) electrons. The molecule has 0 bridgehead atoms. The van der Waals surface area contributed by atoms with Crippen molar-refractivity contribution < 1.29 is 19.1 Å². The molecule has 1 aromatic carbocycles. The number of esters is 1. The molecule has 0 heterocycles. The summed E-state index contributed by atoms with van der Waals surface area (Å²) in [7, 11) is 0. The van der Waals surface area contributed by atoms with Crippen LogP contribution in [0.1, 0.15) is 56.3 Å². The number of carbonyl (C=O) groups is 3.